The number of aromatic nitrogens is 5. The zero-order valence-corrected chi connectivity index (χ0v) is 21.7. The van der Waals surface area contributed by atoms with Crippen LogP contribution < -0.4 is 5.32 Å². The molecule has 0 radical (unpaired) electrons. The van der Waals surface area contributed by atoms with E-state index >= 15 is 0 Å². The van der Waals surface area contributed by atoms with Crippen LogP contribution in [0.15, 0.2) is 41.0 Å². The number of amides is 1. The third kappa shape index (κ3) is 5.46. The zero-order chi connectivity index (χ0) is 25.7. The van der Waals surface area contributed by atoms with Crippen molar-refractivity contribution in [3.05, 3.63) is 73.7 Å². The maximum atomic E-state index is 13.7. The summed E-state index contributed by atoms with van der Waals surface area (Å²) in [6.07, 6.45) is -3.06. The molecule has 0 unspecified atom stereocenters. The summed E-state index contributed by atoms with van der Waals surface area (Å²) in [5, 5.41) is 11.7. The minimum Gasteiger partial charge on any atom is -0.303 e. The Bertz CT molecular complexity index is 1440. The van der Waals surface area contributed by atoms with Gasteiger partial charge in [0.2, 0.25) is 0 Å². The first-order chi connectivity index (χ1) is 16.2. The molecular weight excluding hydrogens is 572 g/mol. The fourth-order valence-corrected chi connectivity index (χ4v) is 4.11. The van der Waals surface area contributed by atoms with Gasteiger partial charge in [-0.3, -0.25) is 9.48 Å². The van der Waals surface area contributed by atoms with E-state index in [0.717, 1.165) is 11.6 Å². The van der Waals surface area contributed by atoms with Crippen molar-refractivity contribution in [3.8, 4) is 0 Å². The van der Waals surface area contributed by atoms with Crippen molar-refractivity contribution in [3.63, 3.8) is 0 Å². The topological polar surface area (TPSA) is 77.1 Å². The highest BCUT2D eigenvalue weighted by atomic mass is 79.9. The van der Waals surface area contributed by atoms with Crippen molar-refractivity contribution in [2.75, 3.05) is 5.32 Å². The molecule has 4 rings (SSSR count). The highest BCUT2D eigenvalue weighted by molar-refractivity contribution is 9.10. The Balaban J connectivity index is 1.63. The van der Waals surface area contributed by atoms with Crippen LogP contribution in [0.5, 0.6) is 0 Å². The van der Waals surface area contributed by atoms with Crippen molar-refractivity contribution < 1.29 is 18.0 Å². The molecule has 3 heterocycles. The van der Waals surface area contributed by atoms with Gasteiger partial charge in [0, 0.05) is 27.7 Å². The Kier molecular flexibility index (Phi) is 6.62. The second-order valence-corrected chi connectivity index (χ2v) is 10.5. The van der Waals surface area contributed by atoms with Gasteiger partial charge in [0.25, 0.3) is 5.91 Å². The summed E-state index contributed by atoms with van der Waals surface area (Å²) < 4.78 is 43.7. The van der Waals surface area contributed by atoms with Gasteiger partial charge in [0.15, 0.2) is 17.2 Å². The number of rotatable bonds is 4. The van der Waals surface area contributed by atoms with Crippen molar-refractivity contribution in [1.82, 2.24) is 24.4 Å². The molecule has 0 saturated heterocycles. The Labute approximate surface area is 216 Å². The maximum Gasteiger partial charge on any atom is 0.433 e. The molecule has 0 aliphatic carbocycles. The van der Waals surface area contributed by atoms with Gasteiger partial charge in [-0.2, -0.15) is 23.4 Å². The lowest BCUT2D eigenvalue weighted by Crippen LogP contribution is -2.20. The van der Waals surface area contributed by atoms with Crippen LogP contribution in [0.25, 0.3) is 5.65 Å². The Morgan fingerprint density at radius 3 is 2.46 bits per heavy atom. The summed E-state index contributed by atoms with van der Waals surface area (Å²) in [6, 6.07) is 7.21. The lowest BCUT2D eigenvalue weighted by atomic mass is 9.91. The maximum absolute atomic E-state index is 13.7. The molecule has 7 nitrogen and oxygen atoms in total. The van der Waals surface area contributed by atoms with E-state index in [2.05, 4.69) is 36.4 Å². The van der Waals surface area contributed by atoms with E-state index in [1.807, 2.05) is 0 Å². The lowest BCUT2D eigenvalue weighted by Gasteiger charge is -2.19. The van der Waals surface area contributed by atoms with Gasteiger partial charge >= 0.3 is 6.18 Å². The highest BCUT2D eigenvalue weighted by Crippen LogP contribution is 2.33. The quantitative estimate of drug-likeness (QED) is 0.290. The monoisotopic (exact) mass is 588 g/mol. The van der Waals surface area contributed by atoms with Crippen molar-refractivity contribution in [2.24, 2.45) is 0 Å². The number of hydrogen-bond donors (Lipinski definition) is 1. The molecule has 184 valence electrons. The van der Waals surface area contributed by atoms with E-state index < -0.39 is 23.2 Å². The number of alkyl halides is 3. The predicted molar refractivity (Wildman–Crippen MR) is 130 cm³/mol. The molecule has 0 spiro atoms. The Hall–Kier alpha value is -2.63. The molecular formula is C22H18BrCl2F3N6O. The average molecular weight is 590 g/mol. The number of nitrogens with one attached hydrogen (secondary N) is 1. The fourth-order valence-electron chi connectivity index (χ4n) is 3.23. The van der Waals surface area contributed by atoms with E-state index in [9.17, 15) is 18.0 Å². The van der Waals surface area contributed by atoms with Gasteiger partial charge in [-0.25, -0.2) is 9.50 Å². The van der Waals surface area contributed by atoms with Gasteiger partial charge in [0.05, 0.1) is 16.7 Å². The second kappa shape index (κ2) is 9.11. The van der Waals surface area contributed by atoms with Gasteiger partial charge in [0.1, 0.15) is 5.69 Å². The number of carbonyl (C=O) groups excluding carboxylic acids is 1. The highest BCUT2D eigenvalue weighted by Gasteiger charge is 2.36. The van der Waals surface area contributed by atoms with Crippen molar-refractivity contribution in [2.45, 2.75) is 38.9 Å². The van der Waals surface area contributed by atoms with Crippen LogP contribution in [0.2, 0.25) is 10.0 Å². The average Bonchev–Trinajstić information content (AvgIpc) is 3.31. The molecule has 13 heteroatoms. The molecule has 0 aliphatic heterocycles. The molecule has 1 aromatic carbocycles. The van der Waals surface area contributed by atoms with Gasteiger partial charge in [-0.1, -0.05) is 50.0 Å². The molecule has 1 amide bonds. The number of carbonyl (C=O) groups is 1. The number of nitrogens with zero attached hydrogens (tertiary/aromatic N) is 5. The van der Waals surface area contributed by atoms with Gasteiger partial charge < -0.3 is 5.32 Å². The first kappa shape index (κ1) is 25.5. The predicted octanol–water partition coefficient (Wildman–Crippen LogP) is 6.61. The van der Waals surface area contributed by atoms with E-state index in [1.165, 1.54) is 10.7 Å². The number of halogens is 6. The fraction of sp³-hybridized carbons (Fsp3) is 0.273. The van der Waals surface area contributed by atoms with Gasteiger partial charge in [-0.15, -0.1) is 0 Å². The van der Waals surface area contributed by atoms with E-state index in [1.54, 1.807) is 45.2 Å². The summed E-state index contributed by atoms with van der Waals surface area (Å²) in [4.78, 5) is 17.1. The number of hydrogen-bond acceptors (Lipinski definition) is 4. The molecule has 4 aromatic rings. The second-order valence-electron chi connectivity index (χ2n) is 8.79. The van der Waals surface area contributed by atoms with Crippen molar-refractivity contribution >= 4 is 56.5 Å². The molecule has 0 aliphatic rings. The van der Waals surface area contributed by atoms with E-state index in [4.69, 9.17) is 23.2 Å². The first-order valence-corrected chi connectivity index (χ1v) is 11.7. The van der Waals surface area contributed by atoms with Crippen LogP contribution in [0.1, 0.15) is 48.2 Å². The SMILES string of the molecule is CC(C)(C)c1cc(C(F)(F)F)n2nc(C(=O)Nc3nn(Cc4ccc(Cl)cc4Cl)cc3Br)cc2n1. The van der Waals surface area contributed by atoms with Crippen LogP contribution in [0.3, 0.4) is 0 Å². The molecule has 0 bridgehead atoms. The zero-order valence-electron chi connectivity index (χ0n) is 18.6. The summed E-state index contributed by atoms with van der Waals surface area (Å²) in [5.41, 5.74) is -1.000. The van der Waals surface area contributed by atoms with Crippen LogP contribution in [-0.2, 0) is 18.1 Å². The summed E-state index contributed by atoms with van der Waals surface area (Å²) >= 11 is 15.5. The summed E-state index contributed by atoms with van der Waals surface area (Å²) in [5.74, 6) is -0.576. The molecule has 0 atom stereocenters. The molecule has 0 saturated carbocycles. The first-order valence-electron chi connectivity index (χ1n) is 10.2. The van der Waals surface area contributed by atoms with Crippen LogP contribution in [-0.4, -0.2) is 30.3 Å². The van der Waals surface area contributed by atoms with E-state index in [-0.39, 0.29) is 22.9 Å². The van der Waals surface area contributed by atoms with Crippen LogP contribution >= 0.6 is 39.1 Å². The van der Waals surface area contributed by atoms with Crippen LogP contribution in [0.4, 0.5) is 19.0 Å². The Morgan fingerprint density at radius 1 is 1.11 bits per heavy atom. The van der Waals surface area contributed by atoms with Gasteiger partial charge in [-0.05, 0) is 39.7 Å². The van der Waals surface area contributed by atoms with Crippen molar-refractivity contribution in [1.29, 1.82) is 0 Å². The smallest absolute Gasteiger partial charge is 0.303 e. The third-order valence-electron chi connectivity index (χ3n) is 5.02. The third-order valence-corrected chi connectivity index (χ3v) is 6.18. The summed E-state index contributed by atoms with van der Waals surface area (Å²) in [6.45, 7) is 5.55. The number of benzene rings is 1. The van der Waals surface area contributed by atoms with Crippen LogP contribution in [0, 0.1) is 0 Å². The lowest BCUT2D eigenvalue weighted by molar-refractivity contribution is -0.142. The molecule has 3 aromatic heterocycles. The molecule has 0 fully saturated rings. The van der Waals surface area contributed by atoms with E-state index in [0.29, 0.717) is 25.6 Å². The normalized spacial score (nSPS) is 12.4. The number of anilines is 1. The minimum atomic E-state index is -4.69. The molecule has 1 N–H and O–H groups in total. The Morgan fingerprint density at radius 2 is 1.83 bits per heavy atom. The molecule has 35 heavy (non-hydrogen) atoms. The largest absolute Gasteiger partial charge is 0.433 e. The summed E-state index contributed by atoms with van der Waals surface area (Å²) in [7, 11) is 0. The standard InChI is InChI=1S/C22H18BrCl2F3N6O/c1-21(2,3)16-8-17(22(26,27)28)34-18(29-16)7-15(31-34)20(35)30-19-13(23)10-33(32-19)9-11-4-5-12(24)6-14(11)25/h4-8,10H,9H2,1-3H3,(H,30,32,35). The minimum absolute atomic E-state index is 0.0862. The number of fused-ring (bicyclic) bond motifs is 1.